The number of thiol groups is 1. The zero-order chi connectivity index (χ0) is 36.3. The SMILES string of the molecule is CC(C)C[C@H](OC(=O)[C@H](C)CNC(=O)CNC(=O)/C=C/CCC(C)C1C(C)[C@@H]1c1ccc(CN2CCN(CC(C)(C)S)CC2)cc1)C(=O)O. The first-order valence-corrected chi connectivity index (χ1v) is 18.4. The molecular weight excluding hydrogens is 641 g/mol. The molecule has 1 aliphatic carbocycles. The number of benzene rings is 1. The summed E-state index contributed by atoms with van der Waals surface area (Å²) < 4.78 is 5.14. The van der Waals surface area contributed by atoms with E-state index < -0.39 is 29.9 Å². The molecule has 3 N–H and O–H groups in total. The monoisotopic (exact) mass is 700 g/mol. The van der Waals surface area contributed by atoms with Gasteiger partial charge in [-0.2, -0.15) is 12.6 Å². The van der Waals surface area contributed by atoms with Crippen molar-refractivity contribution in [1.29, 1.82) is 0 Å². The lowest BCUT2D eigenvalue weighted by Gasteiger charge is -2.37. The van der Waals surface area contributed by atoms with Crippen molar-refractivity contribution in [3.63, 3.8) is 0 Å². The predicted molar refractivity (Wildman–Crippen MR) is 196 cm³/mol. The van der Waals surface area contributed by atoms with Crippen LogP contribution in [0.4, 0.5) is 0 Å². The number of carbonyl (C=O) groups excluding carboxylic acids is 3. The number of esters is 1. The molecule has 1 saturated heterocycles. The minimum absolute atomic E-state index is 0.0202. The predicted octanol–water partition coefficient (Wildman–Crippen LogP) is 4.75. The van der Waals surface area contributed by atoms with Crippen LogP contribution >= 0.6 is 12.6 Å². The Balaban J connectivity index is 1.31. The van der Waals surface area contributed by atoms with Crippen LogP contribution in [0.1, 0.15) is 84.8 Å². The van der Waals surface area contributed by atoms with Crippen LogP contribution in [-0.2, 0) is 30.5 Å². The third-order valence-electron chi connectivity index (χ3n) is 9.66. The molecular formula is C38H60N4O6S. The summed E-state index contributed by atoms with van der Waals surface area (Å²) in [6.07, 6.45) is 4.08. The number of piperazine rings is 1. The van der Waals surface area contributed by atoms with Gasteiger partial charge < -0.3 is 20.5 Å². The average molecular weight is 701 g/mol. The minimum atomic E-state index is -1.22. The van der Waals surface area contributed by atoms with E-state index >= 15 is 0 Å². The van der Waals surface area contributed by atoms with Crippen LogP contribution in [0.25, 0.3) is 0 Å². The van der Waals surface area contributed by atoms with Crippen molar-refractivity contribution in [3.8, 4) is 0 Å². The fourth-order valence-electron chi connectivity index (χ4n) is 6.91. The molecule has 2 aliphatic rings. The summed E-state index contributed by atoms with van der Waals surface area (Å²) in [6, 6.07) is 9.23. The average Bonchev–Trinajstić information content (AvgIpc) is 3.71. The molecule has 3 unspecified atom stereocenters. The first-order valence-electron chi connectivity index (χ1n) is 17.9. The van der Waals surface area contributed by atoms with Crippen LogP contribution in [0, 0.1) is 29.6 Å². The molecule has 0 bridgehead atoms. The Morgan fingerprint density at radius 1 is 1.02 bits per heavy atom. The van der Waals surface area contributed by atoms with Gasteiger partial charge in [0.15, 0.2) is 6.10 Å². The molecule has 1 aromatic carbocycles. The molecule has 1 aliphatic heterocycles. The van der Waals surface area contributed by atoms with Gasteiger partial charge in [0, 0.05) is 50.6 Å². The third-order valence-corrected chi connectivity index (χ3v) is 9.80. The Hall–Kier alpha value is -2.89. The van der Waals surface area contributed by atoms with Gasteiger partial charge in [-0.3, -0.25) is 24.2 Å². The summed E-state index contributed by atoms with van der Waals surface area (Å²) in [7, 11) is 0. The van der Waals surface area contributed by atoms with E-state index in [1.807, 2.05) is 19.9 Å². The number of aliphatic carboxylic acids is 1. The van der Waals surface area contributed by atoms with Crippen molar-refractivity contribution in [1.82, 2.24) is 20.4 Å². The Kier molecular flexibility index (Phi) is 15.7. The number of rotatable bonds is 19. The number of carboxylic acids is 1. The van der Waals surface area contributed by atoms with E-state index in [1.165, 1.54) is 17.2 Å². The first kappa shape index (κ1) is 40.5. The normalized spacial score (nSPS) is 22.0. The van der Waals surface area contributed by atoms with Gasteiger partial charge in [-0.1, -0.05) is 65.0 Å². The topological polar surface area (TPSA) is 128 Å². The maximum Gasteiger partial charge on any atom is 0.345 e. The lowest BCUT2D eigenvalue weighted by Crippen LogP contribution is -2.49. The quantitative estimate of drug-likeness (QED) is 0.0926. The van der Waals surface area contributed by atoms with E-state index in [0.29, 0.717) is 23.7 Å². The van der Waals surface area contributed by atoms with Gasteiger partial charge in [-0.15, -0.1) is 0 Å². The van der Waals surface area contributed by atoms with Crippen molar-refractivity contribution < 1.29 is 29.0 Å². The molecule has 274 valence electrons. The van der Waals surface area contributed by atoms with Crippen molar-refractivity contribution in [2.45, 2.75) is 91.0 Å². The van der Waals surface area contributed by atoms with Crippen LogP contribution in [0.15, 0.2) is 36.4 Å². The number of carbonyl (C=O) groups is 4. The Morgan fingerprint density at radius 3 is 2.24 bits per heavy atom. The molecule has 1 heterocycles. The molecule has 6 atom stereocenters. The summed E-state index contributed by atoms with van der Waals surface area (Å²) in [4.78, 5) is 53.1. The summed E-state index contributed by atoms with van der Waals surface area (Å²) in [5.41, 5.74) is 2.79. The Labute approximate surface area is 299 Å². The van der Waals surface area contributed by atoms with Crippen LogP contribution in [0.2, 0.25) is 0 Å². The van der Waals surface area contributed by atoms with Gasteiger partial charge >= 0.3 is 11.9 Å². The zero-order valence-corrected chi connectivity index (χ0v) is 31.5. The smallest absolute Gasteiger partial charge is 0.345 e. The molecule has 10 nitrogen and oxygen atoms in total. The van der Waals surface area contributed by atoms with Gasteiger partial charge in [-0.25, -0.2) is 4.79 Å². The highest BCUT2D eigenvalue weighted by Crippen LogP contribution is 2.58. The first-order chi connectivity index (χ1) is 23.0. The summed E-state index contributed by atoms with van der Waals surface area (Å²) in [5, 5.41) is 14.4. The highest BCUT2D eigenvalue weighted by molar-refractivity contribution is 7.81. The second-order valence-corrected chi connectivity index (χ2v) is 16.6. The van der Waals surface area contributed by atoms with Gasteiger partial charge in [0.2, 0.25) is 11.8 Å². The maximum atomic E-state index is 12.3. The summed E-state index contributed by atoms with van der Waals surface area (Å²) in [6.45, 7) is 20.4. The second kappa shape index (κ2) is 18.9. The van der Waals surface area contributed by atoms with E-state index in [-0.39, 0.29) is 36.1 Å². The molecule has 0 aromatic heterocycles. The molecule has 0 spiro atoms. The molecule has 3 rings (SSSR count). The van der Waals surface area contributed by atoms with Crippen molar-refractivity contribution in [2.75, 3.05) is 45.8 Å². The van der Waals surface area contributed by atoms with Crippen LogP contribution in [-0.4, -0.2) is 95.3 Å². The van der Waals surface area contributed by atoms with Crippen molar-refractivity contribution >= 4 is 36.4 Å². The van der Waals surface area contributed by atoms with E-state index in [0.717, 1.165) is 52.1 Å². The molecule has 1 aromatic rings. The molecule has 49 heavy (non-hydrogen) atoms. The summed E-state index contributed by atoms with van der Waals surface area (Å²) >= 11 is 4.69. The fourth-order valence-corrected chi connectivity index (χ4v) is 7.11. The minimum Gasteiger partial charge on any atom is -0.479 e. The fraction of sp³-hybridized carbons (Fsp3) is 0.684. The number of amides is 2. The maximum absolute atomic E-state index is 12.3. The number of ether oxygens (including phenoxy) is 1. The Bertz CT molecular complexity index is 1270. The van der Waals surface area contributed by atoms with Gasteiger partial charge in [0.25, 0.3) is 0 Å². The van der Waals surface area contributed by atoms with Crippen LogP contribution in [0.5, 0.6) is 0 Å². The van der Waals surface area contributed by atoms with E-state index in [9.17, 15) is 24.3 Å². The van der Waals surface area contributed by atoms with Crippen LogP contribution < -0.4 is 10.6 Å². The number of nitrogens with zero attached hydrogens (tertiary/aromatic N) is 2. The van der Waals surface area contributed by atoms with E-state index in [4.69, 9.17) is 4.74 Å². The zero-order valence-electron chi connectivity index (χ0n) is 30.6. The Morgan fingerprint density at radius 2 is 1.65 bits per heavy atom. The number of hydrogen-bond donors (Lipinski definition) is 4. The lowest BCUT2D eigenvalue weighted by atomic mass is 9.95. The highest BCUT2D eigenvalue weighted by atomic mass is 32.1. The van der Waals surface area contributed by atoms with Gasteiger partial charge in [0.05, 0.1) is 12.5 Å². The number of hydrogen-bond acceptors (Lipinski definition) is 8. The highest BCUT2D eigenvalue weighted by Gasteiger charge is 2.49. The molecule has 0 radical (unpaired) electrons. The number of allylic oxidation sites excluding steroid dienone is 1. The number of carboxylic acid groups (broad SMARTS) is 1. The van der Waals surface area contributed by atoms with Gasteiger partial charge in [0.1, 0.15) is 0 Å². The molecule has 1 saturated carbocycles. The largest absolute Gasteiger partial charge is 0.479 e. The third kappa shape index (κ3) is 14.1. The lowest BCUT2D eigenvalue weighted by molar-refractivity contribution is -0.167. The van der Waals surface area contributed by atoms with Crippen molar-refractivity contribution in [2.24, 2.45) is 29.6 Å². The molecule has 2 fully saturated rings. The molecule has 2 amide bonds. The second-order valence-electron chi connectivity index (χ2n) is 15.3. The standard InChI is InChI=1S/C38H60N4O6S/c1-25(2)20-31(36(45)46)48-37(47)27(4)21-39-33(44)22-40-32(43)11-9-8-10-26(3)34-28(5)35(34)30-14-12-29(13-15-30)23-41-16-18-42(19-17-41)24-38(6,7)49/h9,11-15,25-28,31,34-35,49H,8,10,16-24H2,1-7H3,(H,39,44)(H,40,43)(H,45,46)/b11-9+/t26?,27-,28?,31+,34?,35-/m1/s1. The van der Waals surface area contributed by atoms with Crippen LogP contribution in [0.3, 0.4) is 0 Å². The van der Waals surface area contributed by atoms with E-state index in [2.05, 4.69) is 85.0 Å². The van der Waals surface area contributed by atoms with Crippen molar-refractivity contribution in [3.05, 3.63) is 47.5 Å². The van der Waals surface area contributed by atoms with Gasteiger partial charge in [-0.05, 0) is 79.9 Å². The van der Waals surface area contributed by atoms with E-state index in [1.54, 1.807) is 6.92 Å². The molecule has 11 heteroatoms. The summed E-state index contributed by atoms with van der Waals surface area (Å²) in [5.74, 6) is -0.984. The number of nitrogens with one attached hydrogen (secondary N) is 2.